The van der Waals surface area contributed by atoms with Crippen molar-refractivity contribution in [2.75, 3.05) is 16.2 Å². The molecule has 0 saturated carbocycles. The number of halogens is 1. The predicted octanol–water partition coefficient (Wildman–Crippen LogP) is 3.14. The Hall–Kier alpha value is -2.41. The fourth-order valence-corrected chi connectivity index (χ4v) is 3.67. The monoisotopic (exact) mass is 348 g/mol. The second-order valence-electron chi connectivity index (χ2n) is 5.61. The number of piperidine rings is 1. The fraction of sp³-hybridized carbons (Fsp3) is 0.235. The Kier molecular flexibility index (Phi) is 4.53. The Balaban J connectivity index is 1.76. The summed E-state index contributed by atoms with van der Waals surface area (Å²) in [6.45, 7) is 0.680. The lowest BCUT2D eigenvalue weighted by Gasteiger charge is -2.26. The van der Waals surface area contributed by atoms with Crippen LogP contribution in [0.1, 0.15) is 19.3 Å². The van der Waals surface area contributed by atoms with Gasteiger partial charge in [-0.2, -0.15) is 0 Å². The third-order valence-corrected chi connectivity index (χ3v) is 5.28. The van der Waals surface area contributed by atoms with Gasteiger partial charge < -0.3 is 4.90 Å². The molecule has 0 bridgehead atoms. The maximum absolute atomic E-state index is 12.9. The lowest BCUT2D eigenvalue weighted by molar-refractivity contribution is -0.119. The van der Waals surface area contributed by atoms with Crippen molar-refractivity contribution in [3.05, 3.63) is 54.3 Å². The molecule has 24 heavy (non-hydrogen) atoms. The van der Waals surface area contributed by atoms with Gasteiger partial charge >= 0.3 is 0 Å². The number of carbonyl (C=O) groups is 1. The maximum Gasteiger partial charge on any atom is 0.261 e. The lowest BCUT2D eigenvalue weighted by atomic mass is 10.1. The van der Waals surface area contributed by atoms with Crippen molar-refractivity contribution in [1.82, 2.24) is 0 Å². The molecule has 1 aliphatic heterocycles. The molecule has 3 rings (SSSR count). The number of carbonyl (C=O) groups excluding carboxylic acids is 1. The topological polar surface area (TPSA) is 66.5 Å². The molecule has 0 unspecified atom stereocenters. The maximum atomic E-state index is 12.9. The molecule has 0 aromatic heterocycles. The number of rotatable bonds is 4. The van der Waals surface area contributed by atoms with Gasteiger partial charge in [0.25, 0.3) is 10.0 Å². The highest BCUT2D eigenvalue weighted by Crippen LogP contribution is 2.24. The quantitative estimate of drug-likeness (QED) is 0.923. The zero-order valence-electron chi connectivity index (χ0n) is 12.9. The van der Waals surface area contributed by atoms with Gasteiger partial charge in [-0.3, -0.25) is 9.52 Å². The highest BCUT2D eigenvalue weighted by molar-refractivity contribution is 7.92. The molecule has 7 heteroatoms. The highest BCUT2D eigenvalue weighted by atomic mass is 32.2. The summed E-state index contributed by atoms with van der Waals surface area (Å²) in [5.74, 6) is -0.412. The zero-order valence-corrected chi connectivity index (χ0v) is 13.7. The van der Waals surface area contributed by atoms with Crippen LogP contribution in [0.25, 0.3) is 0 Å². The minimum atomic E-state index is -3.78. The number of hydrogen-bond acceptors (Lipinski definition) is 3. The van der Waals surface area contributed by atoms with Crippen LogP contribution in [0.3, 0.4) is 0 Å². The molecule has 2 aromatic carbocycles. The van der Waals surface area contributed by atoms with E-state index in [2.05, 4.69) is 4.72 Å². The number of benzene rings is 2. The Morgan fingerprint density at radius 1 is 0.958 bits per heavy atom. The summed E-state index contributed by atoms with van der Waals surface area (Å²) in [7, 11) is -3.78. The third-order valence-electron chi connectivity index (χ3n) is 3.88. The van der Waals surface area contributed by atoms with E-state index >= 15 is 0 Å². The van der Waals surface area contributed by atoms with E-state index in [1.165, 1.54) is 12.1 Å². The van der Waals surface area contributed by atoms with Crippen LogP contribution in [0.2, 0.25) is 0 Å². The summed E-state index contributed by atoms with van der Waals surface area (Å²) in [5, 5.41) is 0. The van der Waals surface area contributed by atoms with Gasteiger partial charge in [0, 0.05) is 24.3 Å². The van der Waals surface area contributed by atoms with Crippen molar-refractivity contribution in [3.8, 4) is 0 Å². The van der Waals surface area contributed by atoms with Crippen LogP contribution >= 0.6 is 0 Å². The molecule has 5 nitrogen and oxygen atoms in total. The molecule has 1 amide bonds. The molecule has 1 fully saturated rings. The van der Waals surface area contributed by atoms with Crippen molar-refractivity contribution in [3.63, 3.8) is 0 Å². The second-order valence-corrected chi connectivity index (χ2v) is 7.29. The second kappa shape index (κ2) is 6.60. The largest absolute Gasteiger partial charge is 0.312 e. The Morgan fingerprint density at radius 2 is 1.62 bits per heavy atom. The minimum Gasteiger partial charge on any atom is -0.312 e. The normalized spacial score (nSPS) is 15.4. The summed E-state index contributed by atoms with van der Waals surface area (Å²) in [4.78, 5) is 13.6. The first-order valence-electron chi connectivity index (χ1n) is 7.64. The van der Waals surface area contributed by atoms with E-state index in [1.54, 1.807) is 29.2 Å². The summed E-state index contributed by atoms with van der Waals surface area (Å²) in [5.41, 5.74) is 1.14. The minimum absolute atomic E-state index is 0.0146. The van der Waals surface area contributed by atoms with Crippen molar-refractivity contribution in [1.29, 1.82) is 0 Å². The number of anilines is 2. The van der Waals surface area contributed by atoms with Crippen LogP contribution in [0.5, 0.6) is 0 Å². The standard InChI is InChI=1S/C17H17FN2O3S/c18-13-4-10-16(11-5-13)24(22,23)19-14-6-8-15(9-7-14)20-12-2-1-3-17(20)21/h4-11,19H,1-3,12H2. The molecule has 0 radical (unpaired) electrons. The molecule has 1 N–H and O–H groups in total. The molecule has 1 heterocycles. The molecular formula is C17H17FN2O3S. The molecule has 0 aliphatic carbocycles. The lowest BCUT2D eigenvalue weighted by Crippen LogP contribution is -2.35. The highest BCUT2D eigenvalue weighted by Gasteiger charge is 2.20. The van der Waals surface area contributed by atoms with Gasteiger partial charge in [0.1, 0.15) is 5.82 Å². The van der Waals surface area contributed by atoms with Gasteiger partial charge in [0.15, 0.2) is 0 Å². The molecule has 1 aliphatic rings. The van der Waals surface area contributed by atoms with E-state index in [1.807, 2.05) is 0 Å². The van der Waals surface area contributed by atoms with Crippen LogP contribution in [0.4, 0.5) is 15.8 Å². The van der Waals surface area contributed by atoms with Crippen LogP contribution in [0, 0.1) is 5.82 Å². The van der Waals surface area contributed by atoms with Crippen molar-refractivity contribution >= 4 is 27.3 Å². The number of amides is 1. The number of hydrogen-bond donors (Lipinski definition) is 1. The summed E-state index contributed by atoms with van der Waals surface area (Å²) >= 11 is 0. The average molecular weight is 348 g/mol. The van der Waals surface area contributed by atoms with Crippen LogP contribution in [-0.4, -0.2) is 20.9 Å². The van der Waals surface area contributed by atoms with E-state index < -0.39 is 15.8 Å². The first-order valence-corrected chi connectivity index (χ1v) is 9.13. The first-order chi connectivity index (χ1) is 11.5. The van der Waals surface area contributed by atoms with Gasteiger partial charge in [0.2, 0.25) is 5.91 Å². The summed E-state index contributed by atoms with van der Waals surface area (Å²) < 4.78 is 39.9. The van der Waals surface area contributed by atoms with E-state index in [-0.39, 0.29) is 10.8 Å². The van der Waals surface area contributed by atoms with Gasteiger partial charge in [-0.15, -0.1) is 0 Å². The molecule has 1 saturated heterocycles. The predicted molar refractivity (Wildman–Crippen MR) is 89.9 cm³/mol. The van der Waals surface area contributed by atoms with Crippen molar-refractivity contribution < 1.29 is 17.6 Å². The Labute approximate surface area is 140 Å². The first kappa shape index (κ1) is 16.4. The Bertz CT molecular complexity index is 833. The van der Waals surface area contributed by atoms with E-state index in [0.29, 0.717) is 18.7 Å². The molecule has 0 spiro atoms. The van der Waals surface area contributed by atoms with Crippen LogP contribution in [-0.2, 0) is 14.8 Å². The van der Waals surface area contributed by atoms with E-state index in [4.69, 9.17) is 0 Å². The van der Waals surface area contributed by atoms with Crippen LogP contribution < -0.4 is 9.62 Å². The number of sulfonamides is 1. The zero-order chi connectivity index (χ0) is 17.2. The molecular weight excluding hydrogens is 331 g/mol. The van der Waals surface area contributed by atoms with Gasteiger partial charge in [-0.25, -0.2) is 12.8 Å². The van der Waals surface area contributed by atoms with Gasteiger partial charge in [-0.05, 0) is 61.4 Å². The smallest absolute Gasteiger partial charge is 0.261 e. The summed E-state index contributed by atoms with van der Waals surface area (Å²) in [6.07, 6.45) is 2.41. The SMILES string of the molecule is O=C1CCCCN1c1ccc(NS(=O)(=O)c2ccc(F)cc2)cc1. The average Bonchev–Trinajstić information content (AvgIpc) is 2.56. The third kappa shape index (κ3) is 3.56. The molecule has 0 atom stereocenters. The summed E-state index contributed by atoms with van der Waals surface area (Å²) in [6, 6.07) is 11.3. The van der Waals surface area contributed by atoms with Gasteiger partial charge in [-0.1, -0.05) is 0 Å². The number of nitrogens with one attached hydrogen (secondary N) is 1. The molecule has 2 aromatic rings. The number of nitrogens with zero attached hydrogens (tertiary/aromatic N) is 1. The van der Waals surface area contributed by atoms with Crippen molar-refractivity contribution in [2.24, 2.45) is 0 Å². The van der Waals surface area contributed by atoms with Gasteiger partial charge in [0.05, 0.1) is 4.90 Å². The van der Waals surface area contributed by atoms with E-state index in [9.17, 15) is 17.6 Å². The van der Waals surface area contributed by atoms with E-state index in [0.717, 1.165) is 30.7 Å². The van der Waals surface area contributed by atoms with Crippen molar-refractivity contribution in [2.45, 2.75) is 24.2 Å². The van der Waals surface area contributed by atoms with Crippen LogP contribution in [0.15, 0.2) is 53.4 Å². The Morgan fingerprint density at radius 3 is 2.25 bits per heavy atom. The fourth-order valence-electron chi connectivity index (χ4n) is 2.62. The molecule has 126 valence electrons.